The second-order valence-electron chi connectivity index (χ2n) is 7.69. The monoisotopic (exact) mass is 362 g/mol. The van der Waals surface area contributed by atoms with Crippen LogP contribution in [0.4, 0.5) is 0 Å². The van der Waals surface area contributed by atoms with E-state index in [4.69, 9.17) is 0 Å². The Hall–Kier alpha value is -2.62. The van der Waals surface area contributed by atoms with Gasteiger partial charge in [0, 0.05) is 25.1 Å². The molecule has 1 aliphatic carbocycles. The molecule has 1 fully saturated rings. The van der Waals surface area contributed by atoms with Crippen LogP contribution in [0.25, 0.3) is 0 Å². The van der Waals surface area contributed by atoms with Crippen molar-refractivity contribution < 1.29 is 9.59 Å². The van der Waals surface area contributed by atoms with Crippen LogP contribution in [0.1, 0.15) is 64.8 Å². The third-order valence-corrected chi connectivity index (χ3v) is 5.73. The number of fused-ring (bicyclic) bond motifs is 1. The van der Waals surface area contributed by atoms with Crippen LogP contribution >= 0.6 is 0 Å². The molecular formula is C23H26N2O2. The molecule has 0 aromatic heterocycles. The van der Waals surface area contributed by atoms with Gasteiger partial charge in [-0.25, -0.2) is 0 Å². The number of nitrogens with one attached hydrogen (secondary N) is 1. The number of aryl methyl sites for hydroxylation is 2. The molecule has 2 aliphatic rings. The first-order valence-corrected chi connectivity index (χ1v) is 9.89. The zero-order valence-corrected chi connectivity index (χ0v) is 15.8. The van der Waals surface area contributed by atoms with E-state index >= 15 is 0 Å². The standard InChI is InChI=1S/C23H26N2O2/c1-16(20-12-11-18-4-2-5-21(18)14-20)24-23(27)19-9-7-17(8-10-19)15-25-13-3-6-22(25)26/h7-12,14,16H,2-6,13,15H2,1H3,(H,24,27)/t16-/m1/s1. The summed E-state index contributed by atoms with van der Waals surface area (Å²) in [4.78, 5) is 26.2. The molecule has 4 nitrogen and oxygen atoms in total. The molecule has 4 heteroatoms. The second-order valence-corrected chi connectivity index (χ2v) is 7.69. The fourth-order valence-electron chi connectivity index (χ4n) is 4.08. The van der Waals surface area contributed by atoms with Crippen molar-refractivity contribution in [3.05, 3.63) is 70.3 Å². The maximum absolute atomic E-state index is 12.6. The summed E-state index contributed by atoms with van der Waals surface area (Å²) < 4.78 is 0. The number of nitrogens with zero attached hydrogens (tertiary/aromatic N) is 1. The second kappa shape index (κ2) is 7.55. The summed E-state index contributed by atoms with van der Waals surface area (Å²) in [6.07, 6.45) is 5.15. The molecule has 1 saturated heterocycles. The van der Waals surface area contributed by atoms with Crippen molar-refractivity contribution in [2.24, 2.45) is 0 Å². The van der Waals surface area contributed by atoms with E-state index in [0.29, 0.717) is 18.5 Å². The highest BCUT2D eigenvalue weighted by Gasteiger charge is 2.20. The van der Waals surface area contributed by atoms with E-state index < -0.39 is 0 Å². The van der Waals surface area contributed by atoms with Gasteiger partial charge < -0.3 is 10.2 Å². The lowest BCUT2D eigenvalue weighted by Gasteiger charge is -2.17. The average Bonchev–Trinajstić information content (AvgIpc) is 3.30. The lowest BCUT2D eigenvalue weighted by atomic mass is 10.0. The Morgan fingerprint density at radius 3 is 2.56 bits per heavy atom. The van der Waals surface area contributed by atoms with Crippen molar-refractivity contribution in [1.29, 1.82) is 0 Å². The first kappa shape index (κ1) is 17.8. The summed E-state index contributed by atoms with van der Waals surface area (Å²) in [5.74, 6) is 0.159. The van der Waals surface area contributed by atoms with Crippen LogP contribution in [-0.2, 0) is 24.2 Å². The summed E-state index contributed by atoms with van der Waals surface area (Å²) in [5, 5.41) is 3.10. The van der Waals surface area contributed by atoms with Crippen LogP contribution in [0.5, 0.6) is 0 Å². The molecule has 2 amide bonds. The number of amides is 2. The van der Waals surface area contributed by atoms with Gasteiger partial charge in [0.2, 0.25) is 5.91 Å². The molecule has 0 radical (unpaired) electrons. The minimum Gasteiger partial charge on any atom is -0.346 e. The Morgan fingerprint density at radius 2 is 1.81 bits per heavy atom. The van der Waals surface area contributed by atoms with E-state index in [1.807, 2.05) is 36.1 Å². The van der Waals surface area contributed by atoms with Crippen molar-refractivity contribution in [2.75, 3.05) is 6.54 Å². The molecule has 0 unspecified atom stereocenters. The van der Waals surface area contributed by atoms with Gasteiger partial charge in [-0.3, -0.25) is 9.59 Å². The van der Waals surface area contributed by atoms with Crippen molar-refractivity contribution >= 4 is 11.8 Å². The number of benzene rings is 2. The number of likely N-dealkylation sites (tertiary alicyclic amines) is 1. The van der Waals surface area contributed by atoms with Crippen LogP contribution in [-0.4, -0.2) is 23.3 Å². The molecule has 2 aromatic rings. The molecule has 4 rings (SSSR count). The third kappa shape index (κ3) is 3.90. The fourth-order valence-corrected chi connectivity index (χ4v) is 4.08. The highest BCUT2D eigenvalue weighted by Crippen LogP contribution is 2.25. The predicted octanol–water partition coefficient (Wildman–Crippen LogP) is 3.79. The molecule has 27 heavy (non-hydrogen) atoms. The summed E-state index contributed by atoms with van der Waals surface area (Å²) in [6.45, 7) is 3.49. The van der Waals surface area contributed by atoms with Crippen molar-refractivity contribution in [3.8, 4) is 0 Å². The minimum atomic E-state index is -0.0632. The number of carbonyl (C=O) groups excluding carboxylic acids is 2. The van der Waals surface area contributed by atoms with Gasteiger partial charge in [-0.15, -0.1) is 0 Å². The minimum absolute atomic E-state index is 0.0229. The molecule has 0 saturated carbocycles. The van der Waals surface area contributed by atoms with Crippen molar-refractivity contribution in [3.63, 3.8) is 0 Å². The molecule has 1 aliphatic heterocycles. The molecule has 2 aromatic carbocycles. The van der Waals surface area contributed by atoms with E-state index in [1.165, 1.54) is 24.0 Å². The van der Waals surface area contributed by atoms with E-state index in [-0.39, 0.29) is 17.9 Å². The first-order chi connectivity index (χ1) is 13.1. The fraction of sp³-hybridized carbons (Fsp3) is 0.391. The Bertz CT molecular complexity index is 857. The average molecular weight is 362 g/mol. The van der Waals surface area contributed by atoms with E-state index in [2.05, 4.69) is 23.5 Å². The topological polar surface area (TPSA) is 49.4 Å². The van der Waals surface area contributed by atoms with E-state index in [9.17, 15) is 9.59 Å². The van der Waals surface area contributed by atoms with Gasteiger partial charge >= 0.3 is 0 Å². The normalized spacial score (nSPS) is 17.1. The zero-order chi connectivity index (χ0) is 18.8. The SMILES string of the molecule is C[C@@H](NC(=O)c1ccc(CN2CCCC2=O)cc1)c1ccc2c(c1)CCC2. The molecule has 1 atom stereocenters. The van der Waals surface area contributed by atoms with Gasteiger partial charge in [0.15, 0.2) is 0 Å². The van der Waals surface area contributed by atoms with Crippen LogP contribution < -0.4 is 5.32 Å². The molecule has 0 bridgehead atoms. The maximum atomic E-state index is 12.6. The van der Waals surface area contributed by atoms with Gasteiger partial charge in [0.05, 0.1) is 6.04 Å². The Morgan fingerprint density at radius 1 is 1.04 bits per heavy atom. The summed E-state index contributed by atoms with van der Waals surface area (Å²) in [5.41, 5.74) is 5.75. The van der Waals surface area contributed by atoms with E-state index in [0.717, 1.165) is 30.5 Å². The Balaban J connectivity index is 1.38. The zero-order valence-electron chi connectivity index (χ0n) is 15.8. The molecule has 1 N–H and O–H groups in total. The van der Waals surface area contributed by atoms with Gasteiger partial charge in [-0.2, -0.15) is 0 Å². The predicted molar refractivity (Wildman–Crippen MR) is 105 cm³/mol. The number of hydrogen-bond acceptors (Lipinski definition) is 2. The number of carbonyl (C=O) groups is 2. The Labute approximate surface area is 160 Å². The Kier molecular flexibility index (Phi) is 4.97. The maximum Gasteiger partial charge on any atom is 0.251 e. The summed E-state index contributed by atoms with van der Waals surface area (Å²) in [7, 11) is 0. The van der Waals surface area contributed by atoms with E-state index in [1.54, 1.807) is 0 Å². The lowest BCUT2D eigenvalue weighted by Crippen LogP contribution is -2.27. The van der Waals surface area contributed by atoms with Crippen molar-refractivity contribution in [1.82, 2.24) is 10.2 Å². The van der Waals surface area contributed by atoms with Crippen LogP contribution in [0.3, 0.4) is 0 Å². The van der Waals surface area contributed by atoms with Gasteiger partial charge in [0.1, 0.15) is 0 Å². The molecule has 140 valence electrons. The smallest absolute Gasteiger partial charge is 0.251 e. The first-order valence-electron chi connectivity index (χ1n) is 9.89. The molecule has 1 heterocycles. The van der Waals surface area contributed by atoms with Crippen molar-refractivity contribution in [2.45, 2.75) is 51.6 Å². The van der Waals surface area contributed by atoms with Crippen LogP contribution in [0.2, 0.25) is 0 Å². The van der Waals surface area contributed by atoms with Crippen LogP contribution in [0, 0.1) is 0 Å². The largest absolute Gasteiger partial charge is 0.346 e. The van der Waals surface area contributed by atoms with Gasteiger partial charge in [-0.05, 0) is 67.0 Å². The van der Waals surface area contributed by atoms with Gasteiger partial charge in [-0.1, -0.05) is 30.3 Å². The highest BCUT2D eigenvalue weighted by molar-refractivity contribution is 5.94. The summed E-state index contributed by atoms with van der Waals surface area (Å²) in [6, 6.07) is 14.1. The van der Waals surface area contributed by atoms with Crippen LogP contribution in [0.15, 0.2) is 42.5 Å². The quantitative estimate of drug-likeness (QED) is 0.880. The molecule has 0 spiro atoms. The van der Waals surface area contributed by atoms with Gasteiger partial charge in [0.25, 0.3) is 5.91 Å². The number of rotatable bonds is 5. The highest BCUT2D eigenvalue weighted by atomic mass is 16.2. The molecular weight excluding hydrogens is 336 g/mol. The summed E-state index contributed by atoms with van der Waals surface area (Å²) >= 11 is 0. The number of hydrogen-bond donors (Lipinski definition) is 1. The third-order valence-electron chi connectivity index (χ3n) is 5.73. The lowest BCUT2D eigenvalue weighted by molar-refractivity contribution is -0.128.